The smallest absolute Gasteiger partial charge is 0.233 e. The first-order valence-corrected chi connectivity index (χ1v) is 11.1. The lowest BCUT2D eigenvalue weighted by molar-refractivity contribution is 0.591. The Balaban J connectivity index is 1.54. The maximum atomic E-state index is 12.1. The summed E-state index contributed by atoms with van der Waals surface area (Å²) in [6.07, 6.45) is 2.15. The Morgan fingerprint density at radius 2 is 1.63 bits per heavy atom. The monoisotopic (exact) mass is 398 g/mol. The minimum atomic E-state index is -3.47. The van der Waals surface area contributed by atoms with Crippen molar-refractivity contribution in [2.75, 3.05) is 6.54 Å². The number of hydrogen-bond donors (Lipinski definition) is 1. The van der Waals surface area contributed by atoms with Crippen LogP contribution in [0.4, 0.5) is 0 Å². The Labute approximate surface area is 164 Å². The molecule has 0 bridgehead atoms. The molecule has 0 spiro atoms. The molecule has 3 rings (SSSR count). The van der Waals surface area contributed by atoms with E-state index in [1.54, 1.807) is 17.4 Å². The molecule has 1 heterocycles. The van der Waals surface area contributed by atoms with E-state index in [0.717, 1.165) is 27.4 Å². The molecule has 1 aromatic heterocycles. The van der Waals surface area contributed by atoms with E-state index in [1.807, 2.05) is 36.6 Å². The van der Waals surface area contributed by atoms with Crippen molar-refractivity contribution < 1.29 is 8.42 Å². The van der Waals surface area contributed by atoms with E-state index in [0.29, 0.717) is 13.0 Å². The van der Waals surface area contributed by atoms with Crippen molar-refractivity contribution in [1.82, 2.24) is 9.71 Å². The quantitative estimate of drug-likeness (QED) is 0.635. The summed E-state index contributed by atoms with van der Waals surface area (Å²) in [6.45, 7) is 4.36. The Morgan fingerprint density at radius 3 is 2.30 bits per heavy atom. The zero-order valence-electron chi connectivity index (χ0n) is 15.3. The van der Waals surface area contributed by atoms with Crippen molar-refractivity contribution in [3.05, 3.63) is 81.7 Å². The average molecular weight is 399 g/mol. The first-order chi connectivity index (χ1) is 12.9. The average Bonchev–Trinajstić information content (AvgIpc) is 3.11. The summed E-state index contributed by atoms with van der Waals surface area (Å²) in [5, 5.41) is 4.13. The van der Waals surface area contributed by atoms with Gasteiger partial charge in [-0.25, -0.2) is 18.1 Å². The molecule has 0 amide bonds. The Morgan fingerprint density at radius 1 is 1.00 bits per heavy atom. The summed E-state index contributed by atoms with van der Waals surface area (Å²) in [7, 11) is -3.47. The minimum absolute atomic E-state index is 0.317. The fourth-order valence-corrected chi connectivity index (χ4v) is 4.15. The van der Waals surface area contributed by atoms with Gasteiger partial charge in [-0.2, -0.15) is 0 Å². The van der Waals surface area contributed by atoms with Gasteiger partial charge in [0.15, 0.2) is 0 Å². The number of nitrogens with one attached hydrogen (secondary N) is 1. The topological polar surface area (TPSA) is 59.1 Å². The highest BCUT2D eigenvalue weighted by Gasteiger charge is 2.08. The van der Waals surface area contributed by atoms with Crippen molar-refractivity contribution in [2.45, 2.75) is 20.3 Å². The molecular weight excluding hydrogens is 376 g/mol. The molecule has 0 unspecified atom stereocenters. The molecule has 0 saturated carbocycles. The zero-order chi connectivity index (χ0) is 19.3. The largest absolute Gasteiger partial charge is 0.241 e. The lowest BCUT2D eigenvalue weighted by Crippen LogP contribution is -2.23. The molecule has 0 aliphatic rings. The summed E-state index contributed by atoms with van der Waals surface area (Å²) < 4.78 is 26.8. The van der Waals surface area contributed by atoms with E-state index in [-0.39, 0.29) is 0 Å². The van der Waals surface area contributed by atoms with E-state index >= 15 is 0 Å². The highest BCUT2D eigenvalue weighted by Crippen LogP contribution is 2.24. The molecule has 0 saturated heterocycles. The van der Waals surface area contributed by atoms with Gasteiger partial charge >= 0.3 is 0 Å². The molecular formula is C21H22N2O2S2. The van der Waals surface area contributed by atoms with E-state index < -0.39 is 10.0 Å². The molecule has 0 fully saturated rings. The maximum absolute atomic E-state index is 12.1. The van der Waals surface area contributed by atoms with Crippen LogP contribution in [0.2, 0.25) is 0 Å². The van der Waals surface area contributed by atoms with E-state index in [2.05, 4.69) is 40.9 Å². The maximum Gasteiger partial charge on any atom is 0.233 e. The Kier molecular flexibility index (Phi) is 6.21. The Hall–Kier alpha value is -2.28. The molecule has 140 valence electrons. The second kappa shape index (κ2) is 8.61. The summed E-state index contributed by atoms with van der Waals surface area (Å²) in [5.74, 6) is 0. The van der Waals surface area contributed by atoms with Crippen molar-refractivity contribution in [3.8, 4) is 10.6 Å². The molecule has 27 heavy (non-hydrogen) atoms. The molecule has 2 aromatic carbocycles. The van der Waals surface area contributed by atoms with Gasteiger partial charge in [-0.15, -0.1) is 11.3 Å². The van der Waals surface area contributed by atoms with Crippen LogP contribution in [-0.2, 0) is 16.4 Å². The van der Waals surface area contributed by atoms with Gasteiger partial charge in [0.25, 0.3) is 0 Å². The van der Waals surface area contributed by atoms with Gasteiger partial charge in [-0.1, -0.05) is 59.7 Å². The number of thiazole rings is 1. The second-order valence-corrected chi connectivity index (χ2v) is 8.92. The van der Waals surface area contributed by atoms with E-state index in [9.17, 15) is 8.42 Å². The van der Waals surface area contributed by atoms with Gasteiger partial charge in [-0.05, 0) is 25.5 Å². The fourth-order valence-electron chi connectivity index (χ4n) is 2.47. The first-order valence-electron chi connectivity index (χ1n) is 8.67. The molecule has 0 atom stereocenters. The van der Waals surface area contributed by atoms with Crippen LogP contribution in [0.3, 0.4) is 0 Å². The molecule has 4 nitrogen and oxygen atoms in total. The number of sulfonamides is 1. The van der Waals surface area contributed by atoms with Gasteiger partial charge in [-0.3, -0.25) is 0 Å². The van der Waals surface area contributed by atoms with Crippen LogP contribution in [0.1, 0.15) is 22.4 Å². The van der Waals surface area contributed by atoms with Gasteiger partial charge in [0.1, 0.15) is 5.01 Å². The van der Waals surface area contributed by atoms with Crippen LogP contribution in [0.25, 0.3) is 16.6 Å². The van der Waals surface area contributed by atoms with Gasteiger partial charge < -0.3 is 0 Å². The predicted octanol–water partition coefficient (Wildman–Crippen LogP) is 4.56. The highest BCUT2D eigenvalue weighted by molar-refractivity contribution is 7.92. The normalized spacial score (nSPS) is 11.9. The number of nitrogens with zero attached hydrogens (tertiary/aromatic N) is 1. The Bertz CT molecular complexity index is 1020. The van der Waals surface area contributed by atoms with Crippen LogP contribution >= 0.6 is 11.3 Å². The highest BCUT2D eigenvalue weighted by atomic mass is 32.2. The van der Waals surface area contributed by atoms with Crippen LogP contribution in [0.15, 0.2) is 59.3 Å². The summed E-state index contributed by atoms with van der Waals surface area (Å²) in [5.41, 5.74) is 5.18. The third-order valence-electron chi connectivity index (χ3n) is 4.05. The van der Waals surface area contributed by atoms with Crippen molar-refractivity contribution >= 4 is 27.4 Å². The fraction of sp³-hybridized carbons (Fsp3) is 0.190. The third-order valence-corrected chi connectivity index (χ3v) is 6.09. The molecule has 6 heteroatoms. The van der Waals surface area contributed by atoms with Crippen LogP contribution < -0.4 is 4.72 Å². The van der Waals surface area contributed by atoms with E-state index in [4.69, 9.17) is 0 Å². The minimum Gasteiger partial charge on any atom is -0.241 e. The number of benzene rings is 2. The molecule has 1 N–H and O–H groups in total. The van der Waals surface area contributed by atoms with Crippen LogP contribution in [-0.4, -0.2) is 19.9 Å². The number of rotatable bonds is 7. The number of aromatic nitrogens is 1. The van der Waals surface area contributed by atoms with Crippen molar-refractivity contribution in [3.63, 3.8) is 0 Å². The number of aryl methyl sites for hydroxylation is 2. The van der Waals surface area contributed by atoms with Crippen LogP contribution in [0, 0.1) is 13.8 Å². The SMILES string of the molecule is Cc1ccc(/C=C/S(=O)(=O)NCCc2csc(-c3ccc(C)cc3)n2)cc1. The predicted molar refractivity (Wildman–Crippen MR) is 113 cm³/mol. The van der Waals surface area contributed by atoms with Gasteiger partial charge in [0, 0.05) is 29.3 Å². The molecule has 0 radical (unpaired) electrons. The molecule has 0 aliphatic heterocycles. The van der Waals surface area contributed by atoms with Crippen LogP contribution in [0.5, 0.6) is 0 Å². The lowest BCUT2D eigenvalue weighted by Gasteiger charge is -2.01. The lowest BCUT2D eigenvalue weighted by atomic mass is 10.2. The van der Waals surface area contributed by atoms with Crippen molar-refractivity contribution in [1.29, 1.82) is 0 Å². The van der Waals surface area contributed by atoms with Gasteiger partial charge in [0.05, 0.1) is 5.69 Å². The standard InChI is InChI=1S/C21H22N2O2S2/c1-16-3-7-18(8-4-16)12-14-27(24,25)22-13-11-20-15-26-21(23-20)19-9-5-17(2)6-10-19/h3-10,12,14-15,22H,11,13H2,1-2H3/b14-12+. The first kappa shape index (κ1) is 19.5. The second-order valence-electron chi connectivity index (χ2n) is 6.41. The summed E-state index contributed by atoms with van der Waals surface area (Å²) in [4.78, 5) is 4.60. The third kappa shape index (κ3) is 5.85. The van der Waals surface area contributed by atoms with Gasteiger partial charge in [0.2, 0.25) is 10.0 Å². The molecule has 3 aromatic rings. The molecule has 0 aliphatic carbocycles. The van der Waals surface area contributed by atoms with E-state index in [1.165, 1.54) is 11.0 Å². The summed E-state index contributed by atoms with van der Waals surface area (Å²) >= 11 is 1.57. The zero-order valence-corrected chi connectivity index (χ0v) is 17.0. The van der Waals surface area contributed by atoms with Crippen molar-refractivity contribution in [2.24, 2.45) is 0 Å². The number of hydrogen-bond acceptors (Lipinski definition) is 4. The summed E-state index contributed by atoms with van der Waals surface area (Å²) in [6, 6.07) is 15.9.